The van der Waals surface area contributed by atoms with Crippen LogP contribution < -0.4 is 10.1 Å². The zero-order chi connectivity index (χ0) is 19.5. The number of methoxy groups -OCH3 is 1. The van der Waals surface area contributed by atoms with E-state index in [1.54, 1.807) is 25.3 Å². The van der Waals surface area contributed by atoms with Gasteiger partial charge >= 0.3 is 0 Å². The Balaban J connectivity index is 1.60. The van der Waals surface area contributed by atoms with Crippen molar-refractivity contribution in [1.29, 1.82) is 0 Å². The molecule has 0 spiro atoms. The number of carbonyl (C=O) groups excluding carboxylic acids is 1. The van der Waals surface area contributed by atoms with Gasteiger partial charge in [-0.05, 0) is 53.7 Å². The first kappa shape index (κ1) is 17.8. The highest BCUT2D eigenvalue weighted by molar-refractivity contribution is 7.16. The molecule has 0 unspecified atom stereocenters. The first-order chi connectivity index (χ1) is 13.7. The number of aryl methyl sites for hydroxylation is 1. The summed E-state index contributed by atoms with van der Waals surface area (Å²) in [6.45, 7) is 1.97. The third-order valence-electron chi connectivity index (χ3n) is 4.13. The van der Waals surface area contributed by atoms with Gasteiger partial charge < -0.3 is 4.74 Å². The molecule has 0 saturated heterocycles. The number of hydrogen-bond donors (Lipinski definition) is 1. The first-order valence-electron chi connectivity index (χ1n) is 8.41. The summed E-state index contributed by atoms with van der Waals surface area (Å²) in [6.07, 6.45) is 1.45. The van der Waals surface area contributed by atoms with Crippen LogP contribution in [-0.2, 0) is 0 Å². The third-order valence-corrected chi connectivity index (χ3v) is 5.01. The number of tetrazole rings is 1. The van der Waals surface area contributed by atoms with E-state index in [4.69, 9.17) is 4.74 Å². The van der Waals surface area contributed by atoms with E-state index in [2.05, 4.69) is 25.8 Å². The Hall–Kier alpha value is -3.59. The van der Waals surface area contributed by atoms with E-state index in [1.807, 2.05) is 37.3 Å². The molecule has 0 bridgehead atoms. The molecule has 0 aliphatic heterocycles. The largest absolute Gasteiger partial charge is 0.497 e. The van der Waals surface area contributed by atoms with Crippen molar-refractivity contribution in [2.24, 2.45) is 0 Å². The minimum Gasteiger partial charge on any atom is -0.497 e. The fourth-order valence-electron chi connectivity index (χ4n) is 2.77. The molecule has 28 heavy (non-hydrogen) atoms. The van der Waals surface area contributed by atoms with Crippen molar-refractivity contribution < 1.29 is 9.53 Å². The fraction of sp³-hybridized carbons (Fsp3) is 0.105. The maximum atomic E-state index is 12.8. The number of amides is 1. The number of rotatable bonds is 5. The van der Waals surface area contributed by atoms with Gasteiger partial charge in [-0.3, -0.25) is 10.1 Å². The van der Waals surface area contributed by atoms with Crippen molar-refractivity contribution in [3.63, 3.8) is 0 Å². The lowest BCUT2D eigenvalue weighted by atomic mass is 10.1. The standard InChI is InChI=1S/C19H16N6O2S/c1-12-17(13-7-9-14(27-2)10-8-13)21-19(28-12)22-18(26)15-5-3-4-6-16(15)25-11-20-23-24-25/h3-11H,1-2H3,(H,21,22,26). The van der Waals surface area contributed by atoms with E-state index < -0.39 is 0 Å². The predicted molar refractivity (Wildman–Crippen MR) is 106 cm³/mol. The average molecular weight is 392 g/mol. The van der Waals surface area contributed by atoms with Crippen LogP contribution in [-0.4, -0.2) is 38.2 Å². The van der Waals surface area contributed by atoms with E-state index in [1.165, 1.54) is 22.3 Å². The third kappa shape index (κ3) is 3.47. The van der Waals surface area contributed by atoms with Crippen LogP contribution in [0.1, 0.15) is 15.2 Å². The Morgan fingerprint density at radius 1 is 1.14 bits per heavy atom. The molecule has 2 aromatic heterocycles. The maximum Gasteiger partial charge on any atom is 0.259 e. The number of anilines is 1. The van der Waals surface area contributed by atoms with Gasteiger partial charge in [-0.15, -0.1) is 16.4 Å². The van der Waals surface area contributed by atoms with Gasteiger partial charge in [-0.1, -0.05) is 12.1 Å². The molecular formula is C19H16N6O2S. The summed E-state index contributed by atoms with van der Waals surface area (Å²) in [6, 6.07) is 14.8. The zero-order valence-electron chi connectivity index (χ0n) is 15.2. The molecule has 0 aliphatic carbocycles. The number of hydrogen-bond acceptors (Lipinski definition) is 7. The van der Waals surface area contributed by atoms with E-state index in [-0.39, 0.29) is 5.91 Å². The van der Waals surface area contributed by atoms with Crippen LogP contribution in [0.5, 0.6) is 5.75 Å². The summed E-state index contributed by atoms with van der Waals surface area (Å²) >= 11 is 1.42. The maximum absolute atomic E-state index is 12.8. The number of carbonyl (C=O) groups is 1. The normalized spacial score (nSPS) is 10.6. The van der Waals surface area contributed by atoms with Gasteiger partial charge in [0.2, 0.25) is 0 Å². The topological polar surface area (TPSA) is 94.8 Å². The minimum absolute atomic E-state index is 0.277. The summed E-state index contributed by atoms with van der Waals surface area (Å²) in [5.41, 5.74) is 2.84. The Morgan fingerprint density at radius 3 is 2.64 bits per heavy atom. The molecule has 4 aromatic rings. The molecule has 9 heteroatoms. The van der Waals surface area contributed by atoms with Crippen LogP contribution in [0.25, 0.3) is 16.9 Å². The first-order valence-corrected chi connectivity index (χ1v) is 9.23. The number of aromatic nitrogens is 5. The second-order valence-corrected chi connectivity index (χ2v) is 7.08. The highest BCUT2D eigenvalue weighted by atomic mass is 32.1. The lowest BCUT2D eigenvalue weighted by Crippen LogP contribution is -2.15. The summed E-state index contributed by atoms with van der Waals surface area (Å²) in [7, 11) is 1.63. The van der Waals surface area contributed by atoms with Gasteiger partial charge in [-0.25, -0.2) is 4.98 Å². The quantitative estimate of drug-likeness (QED) is 0.560. The Bertz CT molecular complexity index is 1110. The summed E-state index contributed by atoms with van der Waals surface area (Å²) in [5.74, 6) is 0.505. The van der Waals surface area contributed by atoms with E-state index in [9.17, 15) is 4.79 Å². The van der Waals surface area contributed by atoms with Crippen molar-refractivity contribution in [3.05, 3.63) is 65.3 Å². The number of nitrogens with one attached hydrogen (secondary N) is 1. The van der Waals surface area contributed by atoms with Gasteiger partial charge in [0.05, 0.1) is 24.1 Å². The smallest absolute Gasteiger partial charge is 0.259 e. The van der Waals surface area contributed by atoms with Gasteiger partial charge in [0.15, 0.2) is 5.13 Å². The van der Waals surface area contributed by atoms with Gasteiger partial charge in [0, 0.05) is 10.4 Å². The van der Waals surface area contributed by atoms with Crippen LogP contribution in [0.2, 0.25) is 0 Å². The zero-order valence-corrected chi connectivity index (χ0v) is 16.0. The van der Waals surface area contributed by atoms with Crippen molar-refractivity contribution >= 4 is 22.4 Å². The average Bonchev–Trinajstić information content (AvgIpc) is 3.38. The molecule has 8 nitrogen and oxygen atoms in total. The predicted octanol–water partition coefficient (Wildman–Crippen LogP) is 3.36. The molecule has 2 heterocycles. The second-order valence-electron chi connectivity index (χ2n) is 5.88. The lowest BCUT2D eigenvalue weighted by Gasteiger charge is -2.07. The van der Waals surface area contributed by atoms with Crippen LogP contribution in [0, 0.1) is 6.92 Å². The van der Waals surface area contributed by atoms with Crippen LogP contribution in [0.15, 0.2) is 54.9 Å². The van der Waals surface area contributed by atoms with Crippen LogP contribution in [0.4, 0.5) is 5.13 Å². The SMILES string of the molecule is COc1ccc(-c2nc(NC(=O)c3ccccc3-n3cnnn3)sc2C)cc1. The summed E-state index contributed by atoms with van der Waals surface area (Å²) in [5, 5.41) is 14.5. The molecule has 0 aliphatic rings. The Morgan fingerprint density at radius 2 is 1.93 bits per heavy atom. The molecule has 1 amide bonds. The van der Waals surface area contributed by atoms with Crippen LogP contribution >= 0.6 is 11.3 Å². The number of ether oxygens (including phenoxy) is 1. The number of para-hydroxylation sites is 1. The Labute approximate surface area is 164 Å². The van der Waals surface area contributed by atoms with Crippen molar-refractivity contribution in [2.75, 3.05) is 12.4 Å². The highest BCUT2D eigenvalue weighted by Crippen LogP contribution is 2.31. The molecule has 4 rings (SSSR count). The van der Waals surface area contributed by atoms with Gasteiger partial charge in [-0.2, -0.15) is 4.68 Å². The highest BCUT2D eigenvalue weighted by Gasteiger charge is 2.17. The lowest BCUT2D eigenvalue weighted by molar-refractivity contribution is 0.102. The Kier molecular flexibility index (Phi) is 4.81. The molecule has 1 N–H and O–H groups in total. The van der Waals surface area contributed by atoms with E-state index >= 15 is 0 Å². The van der Waals surface area contributed by atoms with E-state index in [0.717, 1.165) is 21.9 Å². The molecule has 2 aromatic carbocycles. The van der Waals surface area contributed by atoms with Crippen molar-refractivity contribution in [2.45, 2.75) is 6.92 Å². The number of nitrogens with zero attached hydrogens (tertiary/aromatic N) is 5. The summed E-state index contributed by atoms with van der Waals surface area (Å²) < 4.78 is 6.64. The monoisotopic (exact) mass is 392 g/mol. The van der Waals surface area contributed by atoms with Gasteiger partial charge in [0.1, 0.15) is 12.1 Å². The molecule has 0 atom stereocenters. The molecule has 0 radical (unpaired) electrons. The molecular weight excluding hydrogens is 376 g/mol. The van der Waals surface area contributed by atoms with Gasteiger partial charge in [0.25, 0.3) is 5.91 Å². The number of thiazole rings is 1. The fourth-order valence-corrected chi connectivity index (χ4v) is 3.60. The molecule has 0 saturated carbocycles. The van der Waals surface area contributed by atoms with Crippen molar-refractivity contribution in [3.8, 4) is 22.7 Å². The second kappa shape index (κ2) is 7.57. The summed E-state index contributed by atoms with van der Waals surface area (Å²) in [4.78, 5) is 18.4. The van der Waals surface area contributed by atoms with Crippen molar-refractivity contribution in [1.82, 2.24) is 25.2 Å². The van der Waals surface area contributed by atoms with E-state index in [0.29, 0.717) is 16.4 Å². The minimum atomic E-state index is -0.277. The molecule has 140 valence electrons. The number of benzene rings is 2. The molecule has 0 fully saturated rings. The van der Waals surface area contributed by atoms with Crippen LogP contribution in [0.3, 0.4) is 0 Å².